The number of benzene rings is 1. The summed E-state index contributed by atoms with van der Waals surface area (Å²) < 4.78 is 29.0. The average molecular weight is 229 g/mol. The van der Waals surface area contributed by atoms with Crippen molar-refractivity contribution in [3.63, 3.8) is 0 Å². The number of halogens is 1. The Hall–Kier alpha value is -1.53. The molecule has 88 valence electrons. The fraction of sp³-hybridized carbons (Fsp3) is 0.400. The third kappa shape index (κ3) is 1.77. The summed E-state index contributed by atoms with van der Waals surface area (Å²) in [5, 5.41) is 0. The van der Waals surface area contributed by atoms with Gasteiger partial charge >= 0.3 is 0 Å². The van der Waals surface area contributed by atoms with Crippen molar-refractivity contribution in [3.8, 4) is 17.2 Å². The number of nitrogens with one attached hydrogen (secondary N) is 1. The van der Waals surface area contributed by atoms with Gasteiger partial charge in [0.15, 0.2) is 11.5 Å². The summed E-state index contributed by atoms with van der Waals surface area (Å²) in [4.78, 5) is 4.70. The highest BCUT2D eigenvalue weighted by molar-refractivity contribution is 5.53. The van der Waals surface area contributed by atoms with Gasteiger partial charge in [-0.15, -0.1) is 0 Å². The first-order valence-corrected chi connectivity index (χ1v) is 4.68. The molecule has 0 saturated carbocycles. The van der Waals surface area contributed by atoms with Crippen molar-refractivity contribution in [2.45, 2.75) is 6.54 Å². The van der Waals surface area contributed by atoms with Crippen molar-refractivity contribution >= 4 is 0 Å². The fourth-order valence-electron chi connectivity index (χ4n) is 1.54. The molecule has 0 fully saturated rings. The van der Waals surface area contributed by atoms with E-state index >= 15 is 0 Å². The molecule has 0 aromatic heterocycles. The number of ether oxygens (including phenoxy) is 3. The summed E-state index contributed by atoms with van der Waals surface area (Å²) >= 11 is 0. The van der Waals surface area contributed by atoms with Crippen LogP contribution in [0.1, 0.15) is 5.56 Å². The third-order valence-corrected chi connectivity index (χ3v) is 2.25. The van der Waals surface area contributed by atoms with Crippen LogP contribution in [0.25, 0.3) is 0 Å². The molecule has 0 bridgehead atoms. The van der Waals surface area contributed by atoms with Gasteiger partial charge in [-0.1, -0.05) is 0 Å². The molecule has 1 aliphatic heterocycles. The summed E-state index contributed by atoms with van der Waals surface area (Å²) in [5.41, 5.74) is 3.22. The van der Waals surface area contributed by atoms with Gasteiger partial charge in [0.25, 0.3) is 0 Å². The maximum absolute atomic E-state index is 13.9. The van der Waals surface area contributed by atoms with Crippen LogP contribution in [0.15, 0.2) is 6.07 Å². The van der Waals surface area contributed by atoms with Gasteiger partial charge in [-0.25, -0.2) is 0 Å². The van der Waals surface area contributed by atoms with Crippen molar-refractivity contribution in [1.29, 1.82) is 0 Å². The SMILES string of the molecule is CONCc1cc2c(c(F)c1OC)OCO2. The average Bonchev–Trinajstić information content (AvgIpc) is 2.75. The predicted molar refractivity (Wildman–Crippen MR) is 52.9 cm³/mol. The summed E-state index contributed by atoms with van der Waals surface area (Å²) in [6.45, 7) is 0.337. The molecule has 1 aromatic carbocycles. The number of hydrogen-bond donors (Lipinski definition) is 1. The zero-order valence-corrected chi connectivity index (χ0v) is 9.00. The lowest BCUT2D eigenvalue weighted by molar-refractivity contribution is 0.0859. The van der Waals surface area contributed by atoms with Crippen LogP contribution in [0.2, 0.25) is 0 Å². The fourth-order valence-corrected chi connectivity index (χ4v) is 1.54. The molecule has 0 spiro atoms. The van der Waals surface area contributed by atoms with Crippen LogP contribution < -0.4 is 19.7 Å². The Morgan fingerprint density at radius 1 is 1.44 bits per heavy atom. The summed E-state index contributed by atoms with van der Waals surface area (Å²) in [7, 11) is 2.88. The van der Waals surface area contributed by atoms with Crippen LogP contribution in [0.5, 0.6) is 17.2 Å². The van der Waals surface area contributed by atoms with E-state index in [9.17, 15) is 4.39 Å². The van der Waals surface area contributed by atoms with Gasteiger partial charge in [-0.3, -0.25) is 0 Å². The van der Waals surface area contributed by atoms with Gasteiger partial charge in [-0.05, 0) is 6.07 Å². The van der Waals surface area contributed by atoms with Crippen molar-refractivity contribution in [2.24, 2.45) is 0 Å². The highest BCUT2D eigenvalue weighted by atomic mass is 19.1. The van der Waals surface area contributed by atoms with Crippen LogP contribution in [-0.4, -0.2) is 21.0 Å². The highest BCUT2D eigenvalue weighted by Crippen LogP contribution is 2.41. The smallest absolute Gasteiger partial charge is 0.231 e. The van der Waals surface area contributed by atoms with Crippen molar-refractivity contribution in [2.75, 3.05) is 21.0 Å². The molecule has 1 aliphatic rings. The Balaban J connectivity index is 2.39. The number of hydrogen-bond acceptors (Lipinski definition) is 5. The first-order chi connectivity index (χ1) is 7.77. The standard InChI is InChI=1S/C10H12FNO4/c1-13-9-6(4-12-14-2)3-7-10(8(9)11)16-5-15-7/h3,12H,4-5H2,1-2H3. The molecule has 2 rings (SSSR count). The zero-order valence-electron chi connectivity index (χ0n) is 9.00. The lowest BCUT2D eigenvalue weighted by Gasteiger charge is -2.11. The molecule has 1 N–H and O–H groups in total. The van der Waals surface area contributed by atoms with Crippen molar-refractivity contribution < 1.29 is 23.4 Å². The van der Waals surface area contributed by atoms with E-state index in [0.29, 0.717) is 17.9 Å². The maximum atomic E-state index is 13.9. The lowest BCUT2D eigenvalue weighted by atomic mass is 10.1. The van der Waals surface area contributed by atoms with E-state index in [4.69, 9.17) is 19.0 Å². The molecular weight excluding hydrogens is 217 g/mol. The minimum absolute atomic E-state index is 0.0244. The van der Waals surface area contributed by atoms with E-state index in [0.717, 1.165) is 0 Å². The first kappa shape index (κ1) is 11.0. The summed E-state index contributed by atoms with van der Waals surface area (Å²) in [5.74, 6) is 0.0587. The van der Waals surface area contributed by atoms with Crippen LogP contribution in [0, 0.1) is 5.82 Å². The van der Waals surface area contributed by atoms with Gasteiger partial charge in [0, 0.05) is 12.1 Å². The topological polar surface area (TPSA) is 49.0 Å². The van der Waals surface area contributed by atoms with E-state index in [-0.39, 0.29) is 18.3 Å². The molecule has 5 nitrogen and oxygen atoms in total. The Morgan fingerprint density at radius 2 is 2.25 bits per heavy atom. The van der Waals surface area contributed by atoms with E-state index in [1.807, 2.05) is 0 Å². The first-order valence-electron chi connectivity index (χ1n) is 4.68. The molecule has 0 aliphatic carbocycles. The normalized spacial score (nSPS) is 12.9. The monoisotopic (exact) mass is 229 g/mol. The van der Waals surface area contributed by atoms with E-state index in [1.54, 1.807) is 6.07 Å². The molecule has 0 radical (unpaired) electrons. The molecule has 16 heavy (non-hydrogen) atoms. The molecule has 1 heterocycles. The van der Waals surface area contributed by atoms with Crippen molar-refractivity contribution in [3.05, 3.63) is 17.4 Å². The molecule has 0 amide bonds. The largest absolute Gasteiger partial charge is 0.493 e. The van der Waals surface area contributed by atoms with Gasteiger partial charge in [0.2, 0.25) is 18.4 Å². The van der Waals surface area contributed by atoms with Crippen LogP contribution in [-0.2, 0) is 11.4 Å². The number of methoxy groups -OCH3 is 1. The van der Waals surface area contributed by atoms with Crippen LogP contribution >= 0.6 is 0 Å². The molecule has 1 aromatic rings. The zero-order chi connectivity index (χ0) is 11.5. The highest BCUT2D eigenvalue weighted by Gasteiger charge is 2.25. The minimum atomic E-state index is -0.551. The Labute approximate surface area is 92.0 Å². The Morgan fingerprint density at radius 3 is 2.94 bits per heavy atom. The third-order valence-electron chi connectivity index (χ3n) is 2.25. The molecule has 6 heteroatoms. The van der Waals surface area contributed by atoms with Gasteiger partial charge in [0.1, 0.15) is 0 Å². The molecule has 0 unspecified atom stereocenters. The van der Waals surface area contributed by atoms with E-state index < -0.39 is 5.82 Å². The molecular formula is C10H12FNO4. The quantitative estimate of drug-likeness (QED) is 0.786. The predicted octanol–water partition coefficient (Wildman–Crippen LogP) is 1.21. The van der Waals surface area contributed by atoms with E-state index in [2.05, 4.69) is 5.48 Å². The second-order valence-corrected chi connectivity index (χ2v) is 3.14. The summed E-state index contributed by atoms with van der Waals surface area (Å²) in [6, 6.07) is 1.66. The Kier molecular flexibility index (Phi) is 3.12. The molecule has 0 saturated heterocycles. The van der Waals surface area contributed by atoms with Gasteiger partial charge in [0.05, 0.1) is 14.2 Å². The van der Waals surface area contributed by atoms with Crippen molar-refractivity contribution in [1.82, 2.24) is 5.48 Å². The number of rotatable bonds is 4. The minimum Gasteiger partial charge on any atom is -0.493 e. The second kappa shape index (κ2) is 4.54. The number of fused-ring (bicyclic) bond motifs is 1. The summed E-state index contributed by atoms with van der Waals surface area (Å²) in [6.07, 6.45) is 0. The van der Waals surface area contributed by atoms with E-state index in [1.165, 1.54) is 14.2 Å². The van der Waals surface area contributed by atoms with Crippen LogP contribution in [0.4, 0.5) is 4.39 Å². The second-order valence-electron chi connectivity index (χ2n) is 3.14. The van der Waals surface area contributed by atoms with Crippen LogP contribution in [0.3, 0.4) is 0 Å². The maximum Gasteiger partial charge on any atom is 0.231 e. The van der Waals surface area contributed by atoms with Gasteiger partial charge < -0.3 is 19.0 Å². The Bertz CT molecular complexity index is 397. The number of hydroxylamine groups is 1. The lowest BCUT2D eigenvalue weighted by Crippen LogP contribution is -2.12. The van der Waals surface area contributed by atoms with Gasteiger partial charge in [-0.2, -0.15) is 9.87 Å². The molecule has 0 atom stereocenters.